The number of hydrogen-bond acceptors (Lipinski definition) is 6. The van der Waals surface area contributed by atoms with Crippen LogP contribution in [0.15, 0.2) is 22.6 Å². The monoisotopic (exact) mass is 304 g/mol. The van der Waals surface area contributed by atoms with E-state index >= 15 is 0 Å². The van der Waals surface area contributed by atoms with Gasteiger partial charge in [-0.25, -0.2) is 0 Å². The van der Waals surface area contributed by atoms with E-state index < -0.39 is 0 Å². The maximum absolute atomic E-state index is 5.71. The van der Waals surface area contributed by atoms with Crippen molar-refractivity contribution in [3.8, 4) is 11.5 Å². The van der Waals surface area contributed by atoms with E-state index in [1.54, 1.807) is 11.8 Å². The van der Waals surface area contributed by atoms with Crippen LogP contribution in [-0.2, 0) is 11.5 Å². The van der Waals surface area contributed by atoms with E-state index in [0.29, 0.717) is 25.0 Å². The fourth-order valence-electron chi connectivity index (χ4n) is 2.32. The highest BCUT2D eigenvalue weighted by atomic mass is 32.2. The molecule has 0 amide bonds. The molecule has 110 valence electrons. The fourth-order valence-corrected chi connectivity index (χ4v) is 3.16. The normalized spacial score (nSPS) is 17.0. The number of nitrogens with zero attached hydrogens (tertiary/aromatic N) is 2. The summed E-state index contributed by atoms with van der Waals surface area (Å²) in [6.45, 7) is 1.23. The van der Waals surface area contributed by atoms with Crippen LogP contribution in [0.4, 0.5) is 0 Å². The van der Waals surface area contributed by atoms with E-state index in [-0.39, 0.29) is 0 Å². The lowest BCUT2D eigenvalue weighted by molar-refractivity contribution is 0.170. The van der Waals surface area contributed by atoms with Crippen molar-refractivity contribution in [2.45, 2.75) is 30.3 Å². The Labute approximate surface area is 127 Å². The van der Waals surface area contributed by atoms with Crippen molar-refractivity contribution in [2.24, 2.45) is 0 Å². The van der Waals surface area contributed by atoms with Gasteiger partial charge in [-0.05, 0) is 18.9 Å². The van der Waals surface area contributed by atoms with E-state index in [1.807, 2.05) is 12.1 Å². The van der Waals surface area contributed by atoms with Gasteiger partial charge < -0.3 is 13.9 Å². The highest BCUT2D eigenvalue weighted by Gasteiger charge is 2.29. The van der Waals surface area contributed by atoms with E-state index in [1.165, 1.54) is 12.8 Å². The fraction of sp³-hybridized carbons (Fsp3) is 0.467. The first-order valence-electron chi connectivity index (χ1n) is 7.17. The van der Waals surface area contributed by atoms with Gasteiger partial charge in [-0.1, -0.05) is 12.1 Å². The van der Waals surface area contributed by atoms with Crippen LogP contribution in [0.2, 0.25) is 0 Å². The molecule has 1 aromatic heterocycles. The maximum atomic E-state index is 5.71. The second-order valence-electron chi connectivity index (χ2n) is 5.24. The molecule has 2 aliphatic rings. The third kappa shape index (κ3) is 2.85. The van der Waals surface area contributed by atoms with Gasteiger partial charge in [-0.2, -0.15) is 0 Å². The largest absolute Gasteiger partial charge is 0.486 e. The summed E-state index contributed by atoms with van der Waals surface area (Å²) in [4.78, 5) is 0. The van der Waals surface area contributed by atoms with Gasteiger partial charge in [-0.3, -0.25) is 0 Å². The Hall–Kier alpha value is -1.69. The molecule has 2 heterocycles. The molecule has 0 N–H and O–H groups in total. The second kappa shape index (κ2) is 5.60. The predicted octanol–water partition coefficient (Wildman–Crippen LogP) is 3.15. The Morgan fingerprint density at radius 2 is 2.00 bits per heavy atom. The number of fused-ring (bicyclic) bond motifs is 1. The van der Waals surface area contributed by atoms with Gasteiger partial charge in [-0.15, -0.1) is 22.0 Å². The molecule has 1 fully saturated rings. The SMILES string of the molecule is c1cc(CSCc2nnc(C3CC3)o2)c2c(c1)OCCO2. The van der Waals surface area contributed by atoms with Crippen LogP contribution in [0.25, 0.3) is 0 Å². The molecular weight excluding hydrogens is 288 g/mol. The number of para-hydroxylation sites is 1. The van der Waals surface area contributed by atoms with Gasteiger partial charge in [0.15, 0.2) is 11.5 Å². The van der Waals surface area contributed by atoms with Gasteiger partial charge in [0.2, 0.25) is 11.8 Å². The molecule has 0 atom stereocenters. The number of ether oxygens (including phenoxy) is 2. The average Bonchev–Trinajstić information content (AvgIpc) is 3.27. The first-order valence-corrected chi connectivity index (χ1v) is 8.33. The molecule has 0 unspecified atom stereocenters. The van der Waals surface area contributed by atoms with Gasteiger partial charge in [0.05, 0.1) is 5.75 Å². The van der Waals surface area contributed by atoms with Crippen molar-refractivity contribution in [3.63, 3.8) is 0 Å². The number of benzene rings is 1. The molecule has 1 saturated carbocycles. The summed E-state index contributed by atoms with van der Waals surface area (Å²) in [5, 5.41) is 8.20. The summed E-state index contributed by atoms with van der Waals surface area (Å²) < 4.78 is 17.0. The minimum atomic E-state index is 0.517. The number of rotatable bonds is 5. The lowest BCUT2D eigenvalue weighted by Crippen LogP contribution is -2.16. The molecule has 1 aliphatic carbocycles. The molecule has 2 aromatic rings. The van der Waals surface area contributed by atoms with Crippen molar-refractivity contribution in [1.29, 1.82) is 0 Å². The Kier molecular flexibility index (Phi) is 3.47. The summed E-state index contributed by atoms with van der Waals surface area (Å²) in [5.41, 5.74) is 1.15. The molecule has 1 aliphatic heterocycles. The van der Waals surface area contributed by atoms with Crippen LogP contribution in [0, 0.1) is 0 Å². The minimum absolute atomic E-state index is 0.517. The van der Waals surface area contributed by atoms with Crippen molar-refractivity contribution in [2.75, 3.05) is 13.2 Å². The molecule has 0 radical (unpaired) electrons. The molecule has 6 heteroatoms. The van der Waals surface area contributed by atoms with Gasteiger partial charge in [0, 0.05) is 17.2 Å². The van der Waals surface area contributed by atoms with Gasteiger partial charge >= 0.3 is 0 Å². The first-order chi connectivity index (χ1) is 10.4. The summed E-state index contributed by atoms with van der Waals surface area (Å²) in [6, 6.07) is 6.02. The summed E-state index contributed by atoms with van der Waals surface area (Å²) in [6.07, 6.45) is 2.37. The Morgan fingerprint density at radius 3 is 2.90 bits per heavy atom. The average molecular weight is 304 g/mol. The van der Waals surface area contributed by atoms with Crippen LogP contribution in [0.5, 0.6) is 11.5 Å². The van der Waals surface area contributed by atoms with Gasteiger partial charge in [0.1, 0.15) is 13.2 Å². The van der Waals surface area contributed by atoms with Crippen molar-refractivity contribution < 1.29 is 13.9 Å². The molecule has 0 spiro atoms. The van der Waals surface area contributed by atoms with Crippen molar-refractivity contribution in [1.82, 2.24) is 10.2 Å². The van der Waals surface area contributed by atoms with Crippen LogP contribution >= 0.6 is 11.8 Å². The predicted molar refractivity (Wildman–Crippen MR) is 78.7 cm³/mol. The number of thioether (sulfide) groups is 1. The zero-order chi connectivity index (χ0) is 14.1. The van der Waals surface area contributed by atoms with E-state index in [2.05, 4.69) is 16.3 Å². The van der Waals surface area contributed by atoms with E-state index in [0.717, 1.165) is 34.5 Å². The van der Waals surface area contributed by atoms with Crippen LogP contribution in [-0.4, -0.2) is 23.4 Å². The molecule has 21 heavy (non-hydrogen) atoms. The summed E-state index contributed by atoms with van der Waals surface area (Å²) in [7, 11) is 0. The van der Waals surface area contributed by atoms with Crippen molar-refractivity contribution >= 4 is 11.8 Å². The third-order valence-corrected chi connectivity index (χ3v) is 4.51. The summed E-state index contributed by atoms with van der Waals surface area (Å²) >= 11 is 1.75. The van der Waals surface area contributed by atoms with E-state index in [9.17, 15) is 0 Å². The lowest BCUT2D eigenvalue weighted by atomic mass is 10.2. The quantitative estimate of drug-likeness (QED) is 0.845. The van der Waals surface area contributed by atoms with Gasteiger partial charge in [0.25, 0.3) is 0 Å². The zero-order valence-corrected chi connectivity index (χ0v) is 12.4. The minimum Gasteiger partial charge on any atom is -0.486 e. The standard InChI is InChI=1S/C15H16N2O3S/c1-2-11(14-12(3-1)18-6-7-19-14)8-21-9-13-16-17-15(20-13)10-4-5-10/h1-3,10H,4-9H2. The molecule has 1 aromatic carbocycles. The molecule has 4 rings (SSSR count). The van der Waals surface area contributed by atoms with Crippen LogP contribution in [0.3, 0.4) is 0 Å². The molecular formula is C15H16N2O3S. The molecule has 5 nitrogen and oxygen atoms in total. The lowest BCUT2D eigenvalue weighted by Gasteiger charge is -2.20. The smallest absolute Gasteiger partial charge is 0.226 e. The van der Waals surface area contributed by atoms with Crippen LogP contribution < -0.4 is 9.47 Å². The third-order valence-electron chi connectivity index (χ3n) is 3.54. The Balaban J connectivity index is 1.38. The topological polar surface area (TPSA) is 57.4 Å². The second-order valence-corrected chi connectivity index (χ2v) is 6.23. The Morgan fingerprint density at radius 1 is 1.10 bits per heavy atom. The first kappa shape index (κ1) is 13.0. The zero-order valence-electron chi connectivity index (χ0n) is 11.6. The van der Waals surface area contributed by atoms with Crippen molar-refractivity contribution in [3.05, 3.63) is 35.5 Å². The highest BCUT2D eigenvalue weighted by Crippen LogP contribution is 2.39. The number of hydrogen-bond donors (Lipinski definition) is 0. The van der Waals surface area contributed by atoms with E-state index in [4.69, 9.17) is 13.9 Å². The molecule has 0 bridgehead atoms. The maximum Gasteiger partial charge on any atom is 0.226 e. The molecule has 0 saturated heterocycles. The van der Waals surface area contributed by atoms with Crippen LogP contribution in [0.1, 0.15) is 36.1 Å². The summed E-state index contributed by atoms with van der Waals surface area (Å²) in [5.74, 6) is 5.32. The Bertz CT molecular complexity index is 640. The highest BCUT2D eigenvalue weighted by molar-refractivity contribution is 7.97. The number of aromatic nitrogens is 2.